The Morgan fingerprint density at radius 1 is 1.29 bits per heavy atom. The van der Waals surface area contributed by atoms with Gasteiger partial charge in [-0.05, 0) is 39.8 Å². The smallest absolute Gasteiger partial charge is 0.209 e. The molecule has 2 N–H and O–H groups in total. The highest BCUT2D eigenvalue weighted by Crippen LogP contribution is 2.17. The molecule has 3 nitrogen and oxygen atoms in total. The Morgan fingerprint density at radius 2 is 1.88 bits per heavy atom. The van der Waals surface area contributed by atoms with Crippen molar-refractivity contribution in [2.24, 2.45) is 0 Å². The number of rotatable bonds is 3. The van der Waals surface area contributed by atoms with Crippen molar-refractivity contribution in [3.63, 3.8) is 0 Å². The third-order valence-corrected chi connectivity index (χ3v) is 2.38. The fourth-order valence-electron chi connectivity index (χ4n) is 1.70. The molecular formula is C13H18ClNO2. The minimum atomic E-state index is -1.61. The average molecular weight is 256 g/mol. The summed E-state index contributed by atoms with van der Waals surface area (Å²) in [4.78, 5) is 12.1. The summed E-state index contributed by atoms with van der Waals surface area (Å²) in [6.45, 7) is 7.09. The van der Waals surface area contributed by atoms with Gasteiger partial charge in [0.05, 0.1) is 0 Å². The number of hydrogen-bond acceptors (Lipinski definition) is 3. The average Bonchev–Trinajstić information content (AvgIpc) is 2.12. The minimum absolute atomic E-state index is 0.363. The van der Waals surface area contributed by atoms with Crippen LogP contribution in [0.15, 0.2) is 24.3 Å². The quantitative estimate of drug-likeness (QED) is 0.645. The Bertz CT molecular complexity index is 422. The van der Waals surface area contributed by atoms with E-state index in [-0.39, 0.29) is 5.54 Å². The molecule has 4 heteroatoms. The van der Waals surface area contributed by atoms with Crippen LogP contribution in [0.5, 0.6) is 0 Å². The van der Waals surface area contributed by atoms with E-state index < -0.39 is 11.5 Å². The van der Waals surface area contributed by atoms with Crippen LogP contribution in [0.4, 0.5) is 0 Å². The molecule has 0 saturated carbocycles. The van der Waals surface area contributed by atoms with Gasteiger partial charge in [0.2, 0.25) is 5.78 Å². The second-order valence-corrected chi connectivity index (χ2v) is 5.72. The van der Waals surface area contributed by atoms with E-state index in [1.165, 1.54) is 6.92 Å². The van der Waals surface area contributed by atoms with Gasteiger partial charge in [-0.1, -0.05) is 23.7 Å². The second kappa shape index (κ2) is 4.77. The van der Waals surface area contributed by atoms with Gasteiger partial charge in [-0.3, -0.25) is 10.1 Å². The summed E-state index contributed by atoms with van der Waals surface area (Å²) in [6.07, 6.45) is 0. The number of hydrogen-bond donors (Lipinski definition) is 2. The summed E-state index contributed by atoms with van der Waals surface area (Å²) < 4.78 is 0. The molecular weight excluding hydrogens is 238 g/mol. The van der Waals surface area contributed by atoms with E-state index in [1.54, 1.807) is 24.3 Å². The van der Waals surface area contributed by atoms with E-state index in [0.717, 1.165) is 0 Å². The van der Waals surface area contributed by atoms with Crippen molar-refractivity contribution in [2.45, 2.75) is 39.0 Å². The molecule has 94 valence electrons. The van der Waals surface area contributed by atoms with Crippen LogP contribution >= 0.6 is 11.6 Å². The molecule has 1 atom stereocenters. The number of carbonyl (C=O) groups is 1. The van der Waals surface area contributed by atoms with Gasteiger partial charge in [0, 0.05) is 16.1 Å². The molecule has 0 unspecified atom stereocenters. The molecule has 1 aromatic rings. The number of nitrogens with one attached hydrogen (secondary N) is 1. The van der Waals surface area contributed by atoms with Crippen LogP contribution < -0.4 is 5.32 Å². The van der Waals surface area contributed by atoms with Crippen LogP contribution in [-0.2, 0) is 0 Å². The van der Waals surface area contributed by atoms with Crippen molar-refractivity contribution in [1.82, 2.24) is 5.32 Å². The largest absolute Gasteiger partial charge is 0.369 e. The van der Waals surface area contributed by atoms with Crippen LogP contribution in [0, 0.1) is 0 Å². The predicted octanol–water partition coefficient (Wildman–Crippen LogP) is 2.62. The highest BCUT2D eigenvalue weighted by Gasteiger charge is 2.34. The zero-order valence-electron chi connectivity index (χ0n) is 10.5. The second-order valence-electron chi connectivity index (χ2n) is 5.29. The summed E-state index contributed by atoms with van der Waals surface area (Å²) in [7, 11) is 0. The number of halogens is 1. The Hall–Kier alpha value is -0.900. The van der Waals surface area contributed by atoms with Gasteiger partial charge in [-0.2, -0.15) is 0 Å². The summed E-state index contributed by atoms with van der Waals surface area (Å²) in [5.41, 5.74) is -1.58. The van der Waals surface area contributed by atoms with Gasteiger partial charge >= 0.3 is 0 Å². The van der Waals surface area contributed by atoms with Crippen molar-refractivity contribution in [3.05, 3.63) is 34.9 Å². The molecule has 0 saturated heterocycles. The van der Waals surface area contributed by atoms with Crippen molar-refractivity contribution in [2.75, 3.05) is 0 Å². The predicted molar refractivity (Wildman–Crippen MR) is 69.3 cm³/mol. The first-order valence-electron chi connectivity index (χ1n) is 5.44. The Balaban J connectivity index is 2.96. The standard InChI is InChI=1S/C13H18ClNO2/c1-12(2,3)15-13(4,17)11(16)9-6-5-7-10(14)8-9/h5-8,15,17H,1-4H3/t13-/m0/s1. The number of aliphatic hydroxyl groups is 1. The molecule has 1 aromatic carbocycles. The Morgan fingerprint density at radius 3 is 2.35 bits per heavy atom. The molecule has 0 aliphatic carbocycles. The van der Waals surface area contributed by atoms with Crippen molar-refractivity contribution in [3.8, 4) is 0 Å². The summed E-state index contributed by atoms with van der Waals surface area (Å²) in [6, 6.07) is 6.54. The topological polar surface area (TPSA) is 49.3 Å². The first-order chi connectivity index (χ1) is 7.62. The summed E-state index contributed by atoms with van der Waals surface area (Å²) >= 11 is 5.82. The lowest BCUT2D eigenvalue weighted by atomic mass is 9.98. The van der Waals surface area contributed by atoms with E-state index >= 15 is 0 Å². The highest BCUT2D eigenvalue weighted by atomic mass is 35.5. The fraction of sp³-hybridized carbons (Fsp3) is 0.462. The van der Waals surface area contributed by atoms with Crippen LogP contribution in [0.3, 0.4) is 0 Å². The van der Waals surface area contributed by atoms with Crippen molar-refractivity contribution < 1.29 is 9.90 Å². The van der Waals surface area contributed by atoms with Crippen LogP contribution in [0.1, 0.15) is 38.1 Å². The van der Waals surface area contributed by atoms with E-state index in [0.29, 0.717) is 10.6 Å². The van der Waals surface area contributed by atoms with Crippen LogP contribution in [0.2, 0.25) is 5.02 Å². The molecule has 1 rings (SSSR count). The van der Waals surface area contributed by atoms with Crippen LogP contribution in [0.25, 0.3) is 0 Å². The maximum atomic E-state index is 12.1. The minimum Gasteiger partial charge on any atom is -0.369 e. The molecule has 17 heavy (non-hydrogen) atoms. The van der Waals surface area contributed by atoms with Crippen LogP contribution in [-0.4, -0.2) is 22.2 Å². The number of Topliss-reactive ketones (excluding diaryl/α,β-unsaturated/α-hetero) is 1. The molecule has 0 heterocycles. The molecule has 0 aliphatic rings. The molecule has 0 spiro atoms. The first kappa shape index (κ1) is 14.2. The van der Waals surface area contributed by atoms with Gasteiger partial charge in [-0.15, -0.1) is 0 Å². The van der Waals surface area contributed by atoms with Gasteiger partial charge in [-0.25, -0.2) is 0 Å². The number of ketones is 1. The molecule has 0 bridgehead atoms. The lowest BCUT2D eigenvalue weighted by Gasteiger charge is -2.32. The third kappa shape index (κ3) is 4.11. The molecule has 0 aromatic heterocycles. The monoisotopic (exact) mass is 255 g/mol. The highest BCUT2D eigenvalue weighted by molar-refractivity contribution is 6.31. The zero-order chi connectivity index (χ0) is 13.3. The maximum absolute atomic E-state index is 12.1. The van der Waals surface area contributed by atoms with E-state index in [1.807, 2.05) is 20.8 Å². The molecule has 0 fully saturated rings. The number of carbonyl (C=O) groups excluding carboxylic acids is 1. The van der Waals surface area contributed by atoms with E-state index in [9.17, 15) is 9.90 Å². The van der Waals surface area contributed by atoms with E-state index in [2.05, 4.69) is 5.32 Å². The Labute approximate surface area is 107 Å². The van der Waals surface area contributed by atoms with Gasteiger partial charge < -0.3 is 5.11 Å². The lowest BCUT2D eigenvalue weighted by molar-refractivity contribution is 0.00914. The van der Waals surface area contributed by atoms with Crippen molar-refractivity contribution in [1.29, 1.82) is 0 Å². The van der Waals surface area contributed by atoms with Gasteiger partial charge in [0.15, 0.2) is 5.72 Å². The lowest BCUT2D eigenvalue weighted by Crippen LogP contribution is -2.57. The molecule has 0 amide bonds. The molecule has 0 radical (unpaired) electrons. The van der Waals surface area contributed by atoms with Gasteiger partial charge in [0.1, 0.15) is 0 Å². The summed E-state index contributed by atoms with van der Waals surface area (Å²) in [5, 5.41) is 13.5. The zero-order valence-corrected chi connectivity index (χ0v) is 11.3. The SMILES string of the molecule is CC(C)(C)N[C@@](C)(O)C(=O)c1cccc(Cl)c1. The maximum Gasteiger partial charge on any atom is 0.209 e. The fourth-order valence-corrected chi connectivity index (χ4v) is 1.89. The Kier molecular flexibility index (Phi) is 3.97. The first-order valence-corrected chi connectivity index (χ1v) is 5.82. The number of benzene rings is 1. The molecule has 0 aliphatic heterocycles. The van der Waals surface area contributed by atoms with Gasteiger partial charge in [0.25, 0.3) is 0 Å². The summed E-state index contributed by atoms with van der Waals surface area (Å²) in [5.74, 6) is -0.394. The van der Waals surface area contributed by atoms with E-state index in [4.69, 9.17) is 11.6 Å². The normalized spacial score (nSPS) is 15.4. The third-order valence-electron chi connectivity index (χ3n) is 2.15. The van der Waals surface area contributed by atoms with Crippen molar-refractivity contribution >= 4 is 17.4 Å².